The van der Waals surface area contributed by atoms with Crippen LogP contribution in [0, 0.1) is 0 Å². The van der Waals surface area contributed by atoms with Crippen molar-refractivity contribution >= 4 is 52.2 Å². The van der Waals surface area contributed by atoms with Crippen LogP contribution < -0.4 is 5.73 Å². The Morgan fingerprint density at radius 2 is 2.08 bits per heavy atom. The van der Waals surface area contributed by atoms with Gasteiger partial charge in [0.2, 0.25) is 5.91 Å². The lowest BCUT2D eigenvalue weighted by Gasteiger charge is -2.30. The van der Waals surface area contributed by atoms with E-state index in [0.717, 1.165) is 22.2 Å². The number of carbonyl (C=O) groups is 3. The van der Waals surface area contributed by atoms with Crippen LogP contribution in [0.25, 0.3) is 0 Å². The molecule has 2 aliphatic rings. The predicted octanol–water partition coefficient (Wildman–Crippen LogP) is 0.732. The van der Waals surface area contributed by atoms with E-state index in [2.05, 4.69) is 4.99 Å². The molecule has 0 saturated carbocycles. The van der Waals surface area contributed by atoms with Crippen LogP contribution in [-0.4, -0.2) is 69.1 Å². The number of nitrogens with two attached hydrogens (primary N) is 1. The molecule has 8 nitrogen and oxygen atoms in total. The van der Waals surface area contributed by atoms with Gasteiger partial charge in [-0.25, -0.2) is 9.37 Å². The number of nitrogens with zero attached hydrogens (tertiary/aromatic N) is 4. The Kier molecular flexibility index (Phi) is 5.01. The maximum Gasteiger partial charge on any atom is 0.358 e. The Balaban J connectivity index is 2.01. The van der Waals surface area contributed by atoms with E-state index in [1.165, 1.54) is 11.9 Å². The first-order valence-electron chi connectivity index (χ1n) is 7.72. The predicted molar refractivity (Wildman–Crippen MR) is 99.2 cm³/mol. The van der Waals surface area contributed by atoms with E-state index in [1.807, 2.05) is 12.1 Å². The molecule has 1 aromatic rings. The van der Waals surface area contributed by atoms with Crippen molar-refractivity contribution in [1.29, 1.82) is 0 Å². The molecule has 1 saturated heterocycles. The van der Waals surface area contributed by atoms with Crippen LogP contribution in [0.5, 0.6) is 0 Å². The molecule has 2 aliphatic heterocycles. The first kappa shape index (κ1) is 18.4. The van der Waals surface area contributed by atoms with Gasteiger partial charge in [-0.2, -0.15) is 0 Å². The van der Waals surface area contributed by atoms with Gasteiger partial charge in [-0.3, -0.25) is 19.4 Å². The minimum atomic E-state index is -0.739. The summed E-state index contributed by atoms with van der Waals surface area (Å²) in [7, 11) is 3.00. The minimum Gasteiger partial charge on any atom is -0.369 e. The van der Waals surface area contributed by atoms with Gasteiger partial charge in [-0.15, -0.1) is 0 Å². The number of hydrogen-bond donors (Lipinski definition) is 1. The second kappa shape index (κ2) is 7.08. The molecule has 3 rings (SSSR count). The highest BCUT2D eigenvalue weighted by Crippen LogP contribution is 2.24. The fraction of sp³-hybridized carbons (Fsp3) is 0.312. The summed E-state index contributed by atoms with van der Waals surface area (Å²) in [6.45, 7) is 0.348. The van der Waals surface area contributed by atoms with Gasteiger partial charge in [0.05, 0.1) is 5.75 Å². The van der Waals surface area contributed by atoms with E-state index in [1.54, 1.807) is 23.8 Å². The van der Waals surface area contributed by atoms with Crippen LogP contribution in [0.4, 0.5) is 4.79 Å². The molecule has 0 spiro atoms. The number of primary amides is 1. The summed E-state index contributed by atoms with van der Waals surface area (Å²) in [5.74, 6) is -0.504. The third-order valence-corrected chi connectivity index (χ3v) is 5.33. The van der Waals surface area contributed by atoms with Gasteiger partial charge < -0.3 is 5.73 Å². The van der Waals surface area contributed by atoms with Gasteiger partial charge in [0.1, 0.15) is 6.54 Å². The summed E-state index contributed by atoms with van der Waals surface area (Å²) >= 11 is 7.19. The smallest absolute Gasteiger partial charge is 0.358 e. The van der Waals surface area contributed by atoms with E-state index < -0.39 is 18.0 Å². The van der Waals surface area contributed by atoms with Crippen LogP contribution in [-0.2, 0) is 16.1 Å². The Hall–Kier alpha value is -2.39. The number of imide groups is 1. The average molecular weight is 395 g/mol. The molecule has 0 aromatic heterocycles. The summed E-state index contributed by atoms with van der Waals surface area (Å²) in [6, 6.07) is 6.06. The molecule has 2 heterocycles. The largest absolute Gasteiger partial charge is 0.369 e. The highest BCUT2D eigenvalue weighted by atomic mass is 35.5. The summed E-state index contributed by atoms with van der Waals surface area (Å²) in [6.07, 6.45) is 0. The molecule has 136 valence electrons. The zero-order valence-corrected chi connectivity index (χ0v) is 15.8. The standard InChI is InChI=1S/C16H16ClN5O3S/c1-20-13-12(14(24)21(2)16(20)25)22(15(19-13)26-8-11(18)23)7-9-4-3-5-10(17)6-9/h3-6,12H,7-8H2,1-2H3,(H-,18,23)/p+1. The van der Waals surface area contributed by atoms with Crippen LogP contribution in [0.2, 0.25) is 5.02 Å². The van der Waals surface area contributed by atoms with Crippen LogP contribution in [0.15, 0.2) is 29.3 Å². The van der Waals surface area contributed by atoms with E-state index in [9.17, 15) is 14.4 Å². The quantitative estimate of drug-likeness (QED) is 0.761. The van der Waals surface area contributed by atoms with E-state index >= 15 is 0 Å². The molecule has 0 bridgehead atoms. The number of thioether (sulfide) groups is 1. The molecule has 10 heteroatoms. The Morgan fingerprint density at radius 1 is 1.35 bits per heavy atom. The van der Waals surface area contributed by atoms with Crippen LogP contribution in [0.1, 0.15) is 5.56 Å². The monoisotopic (exact) mass is 394 g/mol. The minimum absolute atomic E-state index is 0.0204. The molecule has 0 radical (unpaired) electrons. The van der Waals surface area contributed by atoms with Crippen molar-refractivity contribution in [2.75, 3.05) is 19.8 Å². The van der Waals surface area contributed by atoms with Crippen molar-refractivity contribution in [1.82, 2.24) is 9.80 Å². The topological polar surface area (TPSA) is 99.1 Å². The van der Waals surface area contributed by atoms with Crippen molar-refractivity contribution in [3.63, 3.8) is 0 Å². The number of rotatable bonds is 4. The molecule has 2 N–H and O–H groups in total. The summed E-state index contributed by atoms with van der Waals surface area (Å²) in [4.78, 5) is 42.9. The number of benzene rings is 1. The highest BCUT2D eigenvalue weighted by molar-refractivity contribution is 8.14. The van der Waals surface area contributed by atoms with Crippen molar-refractivity contribution < 1.29 is 19.0 Å². The molecular formula is C16H17ClN5O3S+. The Labute approximate surface area is 159 Å². The lowest BCUT2D eigenvalue weighted by atomic mass is 10.1. The number of carbonyl (C=O) groups excluding carboxylic acids is 3. The van der Waals surface area contributed by atoms with Gasteiger partial charge >= 0.3 is 11.2 Å². The lowest BCUT2D eigenvalue weighted by molar-refractivity contribution is -0.548. The zero-order chi connectivity index (χ0) is 19.0. The third kappa shape index (κ3) is 3.32. The van der Waals surface area contributed by atoms with E-state index in [4.69, 9.17) is 17.3 Å². The second-order valence-electron chi connectivity index (χ2n) is 5.91. The fourth-order valence-corrected chi connectivity index (χ4v) is 3.80. The molecule has 1 fully saturated rings. The summed E-state index contributed by atoms with van der Waals surface area (Å²) in [5.41, 5.74) is 6.11. The molecule has 1 aromatic carbocycles. The zero-order valence-electron chi connectivity index (χ0n) is 14.2. The SMILES string of the molecule is CN1C(=O)C2C(=NC(SCC(N)=O)=[N+]2Cc2cccc(Cl)c2)N(C)C1=O. The number of halogens is 1. The summed E-state index contributed by atoms with van der Waals surface area (Å²) < 4.78 is 1.76. The molecule has 1 unspecified atom stereocenters. The number of fused-ring (bicyclic) bond motifs is 1. The maximum absolute atomic E-state index is 12.7. The van der Waals surface area contributed by atoms with Crippen molar-refractivity contribution in [2.45, 2.75) is 12.6 Å². The Morgan fingerprint density at radius 3 is 2.73 bits per heavy atom. The first-order valence-corrected chi connectivity index (χ1v) is 9.09. The van der Waals surface area contributed by atoms with E-state index in [0.29, 0.717) is 22.6 Å². The van der Waals surface area contributed by atoms with Gasteiger partial charge in [0.25, 0.3) is 17.8 Å². The van der Waals surface area contributed by atoms with Gasteiger partial charge in [-0.05, 0) is 34.5 Å². The molecule has 26 heavy (non-hydrogen) atoms. The number of aliphatic imine (C=N–C) groups is 1. The molecular weight excluding hydrogens is 378 g/mol. The second-order valence-corrected chi connectivity index (χ2v) is 7.29. The van der Waals surface area contributed by atoms with Crippen molar-refractivity contribution in [3.05, 3.63) is 34.9 Å². The van der Waals surface area contributed by atoms with Crippen LogP contribution in [0.3, 0.4) is 0 Å². The average Bonchev–Trinajstić information content (AvgIpc) is 2.95. The number of urea groups is 1. The van der Waals surface area contributed by atoms with E-state index in [-0.39, 0.29) is 11.7 Å². The van der Waals surface area contributed by atoms with Crippen molar-refractivity contribution in [2.24, 2.45) is 10.7 Å². The fourth-order valence-electron chi connectivity index (χ4n) is 2.82. The first-order chi connectivity index (χ1) is 12.3. The van der Waals surface area contributed by atoms with Gasteiger partial charge in [0.15, 0.2) is 0 Å². The normalized spacial score (nSPS) is 19.8. The van der Waals surface area contributed by atoms with Crippen LogP contribution >= 0.6 is 23.4 Å². The third-order valence-electron chi connectivity index (χ3n) is 4.08. The maximum atomic E-state index is 12.7. The molecule has 0 aliphatic carbocycles. The number of amidine groups is 2. The number of likely N-dealkylation sites (N-methyl/N-ethyl adjacent to an activating group) is 2. The van der Waals surface area contributed by atoms with Gasteiger partial charge in [0, 0.05) is 19.1 Å². The number of hydrogen-bond acceptors (Lipinski definition) is 5. The number of amides is 4. The van der Waals surface area contributed by atoms with Gasteiger partial charge in [-0.1, -0.05) is 23.7 Å². The summed E-state index contributed by atoms with van der Waals surface area (Å²) in [5, 5.41) is 1.04. The van der Waals surface area contributed by atoms with Crippen molar-refractivity contribution in [3.8, 4) is 0 Å². The molecule has 4 amide bonds. The molecule has 1 atom stereocenters. The lowest BCUT2D eigenvalue weighted by Crippen LogP contribution is -2.61. The highest BCUT2D eigenvalue weighted by Gasteiger charge is 2.53. The Bertz CT molecular complexity index is 869.